The van der Waals surface area contributed by atoms with Gasteiger partial charge in [-0.15, -0.1) is 0 Å². The lowest BCUT2D eigenvalue weighted by atomic mass is 10.0. The fraction of sp³-hybridized carbons (Fsp3) is 0.600. The van der Waals surface area contributed by atoms with Crippen molar-refractivity contribution < 1.29 is 14.6 Å². The Labute approximate surface area is 115 Å². The Hall–Kier alpha value is -1.10. The molecule has 108 valence electrons. The van der Waals surface area contributed by atoms with E-state index in [4.69, 9.17) is 9.47 Å². The van der Waals surface area contributed by atoms with Crippen molar-refractivity contribution >= 4 is 0 Å². The van der Waals surface area contributed by atoms with Crippen molar-refractivity contribution in [2.45, 2.75) is 32.4 Å². The SMILES string of the molecule is CCOc1ccc(C(O)C(CC)NCCOC)cc1. The van der Waals surface area contributed by atoms with E-state index in [0.717, 1.165) is 24.3 Å². The molecular formula is C15H25NO3. The Morgan fingerprint density at radius 2 is 1.89 bits per heavy atom. The highest BCUT2D eigenvalue weighted by Gasteiger charge is 2.18. The van der Waals surface area contributed by atoms with Crippen LogP contribution in [0.2, 0.25) is 0 Å². The average Bonchev–Trinajstić information content (AvgIpc) is 2.44. The molecule has 2 atom stereocenters. The van der Waals surface area contributed by atoms with Crippen molar-refractivity contribution in [1.29, 1.82) is 0 Å². The molecule has 2 unspecified atom stereocenters. The molecule has 0 saturated carbocycles. The molecule has 1 rings (SSSR count). The first kappa shape index (κ1) is 16.0. The van der Waals surface area contributed by atoms with Gasteiger partial charge in [0.1, 0.15) is 5.75 Å². The van der Waals surface area contributed by atoms with E-state index < -0.39 is 6.10 Å². The Morgan fingerprint density at radius 3 is 2.42 bits per heavy atom. The molecule has 4 nitrogen and oxygen atoms in total. The maximum Gasteiger partial charge on any atom is 0.119 e. The molecule has 0 aliphatic heterocycles. The second-order valence-electron chi connectivity index (χ2n) is 4.41. The number of hydrogen-bond donors (Lipinski definition) is 2. The van der Waals surface area contributed by atoms with E-state index in [1.165, 1.54) is 0 Å². The number of benzene rings is 1. The van der Waals surface area contributed by atoms with Crippen molar-refractivity contribution in [3.05, 3.63) is 29.8 Å². The number of rotatable bonds is 9. The summed E-state index contributed by atoms with van der Waals surface area (Å²) in [7, 11) is 1.67. The molecule has 1 aromatic rings. The van der Waals surface area contributed by atoms with E-state index >= 15 is 0 Å². The number of nitrogens with one attached hydrogen (secondary N) is 1. The molecule has 0 fully saturated rings. The molecule has 0 aliphatic rings. The third-order valence-corrected chi connectivity index (χ3v) is 3.07. The average molecular weight is 267 g/mol. The lowest BCUT2D eigenvalue weighted by Crippen LogP contribution is -2.36. The van der Waals surface area contributed by atoms with Gasteiger partial charge >= 0.3 is 0 Å². The van der Waals surface area contributed by atoms with E-state index in [0.29, 0.717) is 13.2 Å². The van der Waals surface area contributed by atoms with Crippen LogP contribution in [0.3, 0.4) is 0 Å². The molecule has 4 heteroatoms. The lowest BCUT2D eigenvalue weighted by Gasteiger charge is -2.23. The highest BCUT2D eigenvalue weighted by Crippen LogP contribution is 2.21. The quantitative estimate of drug-likeness (QED) is 0.673. The van der Waals surface area contributed by atoms with Crippen LogP contribution in [-0.4, -0.2) is 38.0 Å². The summed E-state index contributed by atoms with van der Waals surface area (Å²) in [6.45, 7) is 6.05. The summed E-state index contributed by atoms with van der Waals surface area (Å²) in [6, 6.07) is 7.65. The van der Waals surface area contributed by atoms with Gasteiger partial charge in [-0.2, -0.15) is 0 Å². The molecule has 0 amide bonds. The van der Waals surface area contributed by atoms with Crippen molar-refractivity contribution in [3.63, 3.8) is 0 Å². The number of aliphatic hydroxyl groups is 1. The van der Waals surface area contributed by atoms with Gasteiger partial charge in [0.05, 0.1) is 19.3 Å². The summed E-state index contributed by atoms with van der Waals surface area (Å²) in [4.78, 5) is 0. The van der Waals surface area contributed by atoms with Crippen LogP contribution in [0.5, 0.6) is 5.75 Å². The Kier molecular flexibility index (Phi) is 7.48. The molecular weight excluding hydrogens is 242 g/mol. The second kappa shape index (κ2) is 8.91. The molecule has 0 aliphatic carbocycles. The zero-order chi connectivity index (χ0) is 14.1. The van der Waals surface area contributed by atoms with Crippen LogP contribution in [0.25, 0.3) is 0 Å². The van der Waals surface area contributed by atoms with E-state index in [2.05, 4.69) is 12.2 Å². The topological polar surface area (TPSA) is 50.7 Å². The highest BCUT2D eigenvalue weighted by molar-refractivity contribution is 5.29. The van der Waals surface area contributed by atoms with E-state index in [-0.39, 0.29) is 6.04 Å². The first-order chi connectivity index (χ1) is 9.22. The molecule has 0 spiro atoms. The summed E-state index contributed by atoms with van der Waals surface area (Å²) < 4.78 is 10.4. The fourth-order valence-electron chi connectivity index (χ4n) is 1.99. The smallest absolute Gasteiger partial charge is 0.119 e. The van der Waals surface area contributed by atoms with Gasteiger partial charge in [0, 0.05) is 19.7 Å². The van der Waals surface area contributed by atoms with Crippen molar-refractivity contribution in [1.82, 2.24) is 5.32 Å². The minimum absolute atomic E-state index is 0.0353. The Balaban J connectivity index is 2.60. The first-order valence-electron chi connectivity index (χ1n) is 6.86. The lowest BCUT2D eigenvalue weighted by molar-refractivity contribution is 0.117. The van der Waals surface area contributed by atoms with Crippen molar-refractivity contribution in [3.8, 4) is 5.75 Å². The summed E-state index contributed by atoms with van der Waals surface area (Å²) in [5.74, 6) is 0.832. The van der Waals surface area contributed by atoms with Gasteiger partial charge in [0.2, 0.25) is 0 Å². The molecule has 0 aromatic heterocycles. The van der Waals surface area contributed by atoms with E-state index in [9.17, 15) is 5.11 Å². The largest absolute Gasteiger partial charge is 0.494 e. The molecule has 1 aromatic carbocycles. The van der Waals surface area contributed by atoms with Crippen LogP contribution in [0.1, 0.15) is 31.9 Å². The molecule has 19 heavy (non-hydrogen) atoms. The van der Waals surface area contributed by atoms with E-state index in [1.807, 2.05) is 31.2 Å². The normalized spacial score (nSPS) is 14.1. The zero-order valence-electron chi connectivity index (χ0n) is 12.1. The third kappa shape index (κ3) is 5.19. The van der Waals surface area contributed by atoms with E-state index in [1.54, 1.807) is 7.11 Å². The molecule has 0 radical (unpaired) electrons. The Morgan fingerprint density at radius 1 is 1.21 bits per heavy atom. The molecule has 0 heterocycles. The number of hydrogen-bond acceptors (Lipinski definition) is 4. The number of ether oxygens (including phenoxy) is 2. The van der Waals surface area contributed by atoms with Crippen LogP contribution < -0.4 is 10.1 Å². The summed E-state index contributed by atoms with van der Waals surface area (Å²) in [6.07, 6.45) is 0.343. The Bertz CT molecular complexity index is 340. The van der Waals surface area contributed by atoms with Crippen LogP contribution >= 0.6 is 0 Å². The van der Waals surface area contributed by atoms with Gasteiger partial charge in [0.25, 0.3) is 0 Å². The number of aliphatic hydroxyl groups excluding tert-OH is 1. The molecule has 2 N–H and O–H groups in total. The van der Waals surface area contributed by atoms with Gasteiger partial charge in [-0.3, -0.25) is 0 Å². The van der Waals surface area contributed by atoms with Gasteiger partial charge < -0.3 is 19.9 Å². The maximum absolute atomic E-state index is 10.4. The minimum Gasteiger partial charge on any atom is -0.494 e. The van der Waals surface area contributed by atoms with Gasteiger partial charge in [0.15, 0.2) is 0 Å². The van der Waals surface area contributed by atoms with Crippen LogP contribution in [0.15, 0.2) is 24.3 Å². The van der Waals surface area contributed by atoms with Gasteiger partial charge in [-0.05, 0) is 31.0 Å². The summed E-state index contributed by atoms with van der Waals surface area (Å²) in [5, 5.41) is 13.7. The predicted octanol–water partition coefficient (Wildman–Crippen LogP) is 2.13. The van der Waals surface area contributed by atoms with Crippen LogP contribution in [-0.2, 0) is 4.74 Å². The third-order valence-electron chi connectivity index (χ3n) is 3.07. The summed E-state index contributed by atoms with van der Waals surface area (Å²) >= 11 is 0. The predicted molar refractivity (Wildman–Crippen MR) is 76.5 cm³/mol. The van der Waals surface area contributed by atoms with Crippen LogP contribution in [0.4, 0.5) is 0 Å². The second-order valence-corrected chi connectivity index (χ2v) is 4.41. The zero-order valence-corrected chi connectivity index (χ0v) is 12.1. The monoisotopic (exact) mass is 267 g/mol. The molecule has 0 saturated heterocycles. The van der Waals surface area contributed by atoms with Crippen molar-refractivity contribution in [2.75, 3.05) is 26.9 Å². The maximum atomic E-state index is 10.4. The molecule has 0 bridgehead atoms. The standard InChI is InChI=1S/C15H25NO3/c1-4-14(16-10-11-18-3)15(17)12-6-8-13(9-7-12)19-5-2/h6-9,14-17H,4-5,10-11H2,1-3H3. The van der Waals surface area contributed by atoms with Gasteiger partial charge in [-0.1, -0.05) is 19.1 Å². The fourth-order valence-corrected chi connectivity index (χ4v) is 1.99. The van der Waals surface area contributed by atoms with Gasteiger partial charge in [-0.25, -0.2) is 0 Å². The highest BCUT2D eigenvalue weighted by atomic mass is 16.5. The number of methoxy groups -OCH3 is 1. The first-order valence-corrected chi connectivity index (χ1v) is 6.86. The summed E-state index contributed by atoms with van der Waals surface area (Å²) in [5.41, 5.74) is 0.903. The van der Waals surface area contributed by atoms with Crippen LogP contribution in [0, 0.1) is 0 Å². The van der Waals surface area contributed by atoms with Crippen molar-refractivity contribution in [2.24, 2.45) is 0 Å². The minimum atomic E-state index is -0.516.